The lowest BCUT2D eigenvalue weighted by molar-refractivity contribution is -0.0321. The van der Waals surface area contributed by atoms with E-state index in [1.54, 1.807) is 6.08 Å². The van der Waals surface area contributed by atoms with Crippen LogP contribution in [0.1, 0.15) is 27.2 Å². The molecule has 0 aliphatic rings. The van der Waals surface area contributed by atoms with Gasteiger partial charge in [-0.1, -0.05) is 45.6 Å². The maximum absolute atomic E-state index is 11.8. The van der Waals surface area contributed by atoms with Crippen molar-refractivity contribution in [3.8, 4) is 0 Å². The number of rotatable bonds is 4. The molecule has 0 fully saturated rings. The molecule has 0 saturated heterocycles. The molecule has 0 nitrogen and oxygen atoms in total. The van der Waals surface area contributed by atoms with Gasteiger partial charge in [0.25, 0.3) is 0 Å². The van der Waals surface area contributed by atoms with Crippen LogP contribution < -0.4 is 0 Å². The highest BCUT2D eigenvalue weighted by atomic mass is 32.2. The van der Waals surface area contributed by atoms with E-state index in [2.05, 4.69) is 13.2 Å². The van der Waals surface area contributed by atoms with Crippen LogP contribution >= 0.6 is 11.8 Å². The largest absolute Gasteiger partial charge is 0.446 e. The van der Waals surface area contributed by atoms with Gasteiger partial charge in [0.1, 0.15) is 0 Å². The number of hydrogen-bond acceptors (Lipinski definition) is 1. The van der Waals surface area contributed by atoms with Crippen LogP contribution in [0, 0.1) is 0 Å². The Morgan fingerprint density at radius 2 is 1.67 bits per heavy atom. The lowest BCUT2D eigenvalue weighted by Gasteiger charge is -2.03. The van der Waals surface area contributed by atoms with Crippen LogP contribution in [0.25, 0.3) is 0 Å². The minimum Gasteiger partial charge on any atom is -0.160 e. The molecule has 0 radical (unpaired) electrons. The van der Waals surface area contributed by atoms with Crippen LogP contribution in [0.3, 0.4) is 0 Å². The Morgan fingerprint density at radius 3 is 2.00 bits per heavy atom. The van der Waals surface area contributed by atoms with Gasteiger partial charge in [0.05, 0.1) is 0 Å². The smallest absolute Gasteiger partial charge is 0.160 e. The lowest BCUT2D eigenvalue weighted by atomic mass is 10.2. The van der Waals surface area contributed by atoms with E-state index in [0.717, 1.165) is 12.0 Å². The summed E-state index contributed by atoms with van der Waals surface area (Å²) >= 11 is -0.213. The SMILES string of the molecule is C=C(/C=C\C(=C)SC(F)(F)F)CC.CC. The molecule has 0 aromatic carbocycles. The van der Waals surface area contributed by atoms with Crippen LogP contribution in [0.15, 0.2) is 35.8 Å². The Kier molecular flexibility index (Phi) is 9.68. The van der Waals surface area contributed by atoms with Gasteiger partial charge in [-0.15, -0.1) is 0 Å². The molecule has 0 bridgehead atoms. The number of alkyl halides is 3. The van der Waals surface area contributed by atoms with E-state index in [-0.39, 0.29) is 16.7 Å². The first-order chi connectivity index (χ1) is 6.85. The highest BCUT2D eigenvalue weighted by Crippen LogP contribution is 2.35. The fourth-order valence-electron chi connectivity index (χ4n) is 0.511. The average molecular weight is 238 g/mol. The van der Waals surface area contributed by atoms with Crippen molar-refractivity contribution in [1.82, 2.24) is 0 Å². The minimum absolute atomic E-state index is 0.0258. The Hall–Kier alpha value is -0.640. The second-order valence-electron chi connectivity index (χ2n) is 2.36. The summed E-state index contributed by atoms with van der Waals surface area (Å²) in [5.41, 5.74) is -3.47. The van der Waals surface area contributed by atoms with E-state index < -0.39 is 5.51 Å². The van der Waals surface area contributed by atoms with Gasteiger partial charge in [-0.25, -0.2) is 0 Å². The predicted molar refractivity (Wildman–Crippen MR) is 62.7 cm³/mol. The van der Waals surface area contributed by atoms with Crippen molar-refractivity contribution in [2.24, 2.45) is 0 Å². The molecule has 0 aliphatic heterocycles. The molecule has 15 heavy (non-hydrogen) atoms. The molecule has 0 unspecified atom stereocenters. The summed E-state index contributed by atoms with van der Waals surface area (Å²) in [4.78, 5) is -0.0258. The lowest BCUT2D eigenvalue weighted by Crippen LogP contribution is -1.98. The van der Waals surface area contributed by atoms with Gasteiger partial charge in [0.15, 0.2) is 0 Å². The molecular weight excluding hydrogens is 221 g/mol. The zero-order valence-corrected chi connectivity index (χ0v) is 10.1. The predicted octanol–water partition coefficient (Wildman–Crippen LogP) is 5.30. The molecule has 88 valence electrons. The summed E-state index contributed by atoms with van der Waals surface area (Å²) in [6.07, 6.45) is 3.59. The van der Waals surface area contributed by atoms with E-state index in [9.17, 15) is 13.2 Å². The molecule has 0 rings (SSSR count). The zero-order valence-electron chi connectivity index (χ0n) is 9.32. The van der Waals surface area contributed by atoms with Gasteiger partial charge < -0.3 is 0 Å². The number of halogens is 3. The van der Waals surface area contributed by atoms with E-state index in [4.69, 9.17) is 0 Å². The van der Waals surface area contributed by atoms with Gasteiger partial charge in [-0.05, 0) is 24.3 Å². The summed E-state index contributed by atoms with van der Waals surface area (Å²) < 4.78 is 35.3. The topological polar surface area (TPSA) is 0 Å². The first kappa shape index (κ1) is 16.8. The third kappa shape index (κ3) is 13.4. The monoisotopic (exact) mass is 238 g/mol. The van der Waals surface area contributed by atoms with Crippen molar-refractivity contribution in [3.05, 3.63) is 35.8 Å². The quantitative estimate of drug-likeness (QED) is 0.599. The Morgan fingerprint density at radius 1 is 1.20 bits per heavy atom. The molecule has 0 heterocycles. The zero-order chi connectivity index (χ0) is 12.5. The average Bonchev–Trinajstić information content (AvgIpc) is 2.14. The molecule has 0 amide bonds. The first-order valence-corrected chi connectivity index (χ1v) is 5.47. The number of allylic oxidation sites excluding steroid dienone is 3. The van der Waals surface area contributed by atoms with Gasteiger partial charge in [-0.3, -0.25) is 0 Å². The van der Waals surface area contributed by atoms with Crippen molar-refractivity contribution in [3.63, 3.8) is 0 Å². The second-order valence-corrected chi connectivity index (χ2v) is 3.55. The van der Waals surface area contributed by atoms with Crippen LogP contribution in [0.4, 0.5) is 13.2 Å². The van der Waals surface area contributed by atoms with Crippen LogP contribution in [-0.2, 0) is 0 Å². The van der Waals surface area contributed by atoms with Crippen LogP contribution in [0.5, 0.6) is 0 Å². The van der Waals surface area contributed by atoms with Crippen molar-refractivity contribution in [2.75, 3.05) is 0 Å². The van der Waals surface area contributed by atoms with E-state index >= 15 is 0 Å². The standard InChI is InChI=1S/C9H11F3S.C2H6/c1-4-7(2)5-6-8(3)13-9(10,11)12;1-2/h5-6H,2-4H2,1H3;1-2H3/b6-5-;. The maximum Gasteiger partial charge on any atom is 0.446 e. The van der Waals surface area contributed by atoms with Crippen LogP contribution in [0.2, 0.25) is 0 Å². The summed E-state index contributed by atoms with van der Waals surface area (Å²) in [5.74, 6) is 0. The highest BCUT2D eigenvalue weighted by Gasteiger charge is 2.28. The van der Waals surface area contributed by atoms with E-state index in [1.165, 1.54) is 6.08 Å². The summed E-state index contributed by atoms with van der Waals surface area (Å²) in [6, 6.07) is 0. The molecular formula is C11H17F3S. The maximum atomic E-state index is 11.8. The Bertz CT molecular complexity index is 226. The normalized spacial score (nSPS) is 10.8. The van der Waals surface area contributed by atoms with Crippen molar-refractivity contribution < 1.29 is 13.2 Å². The molecule has 0 spiro atoms. The fourth-order valence-corrected chi connectivity index (χ4v) is 0.945. The number of thioether (sulfide) groups is 1. The third-order valence-corrected chi connectivity index (χ3v) is 1.84. The molecule has 0 N–H and O–H groups in total. The van der Waals surface area contributed by atoms with Gasteiger partial charge >= 0.3 is 5.51 Å². The molecule has 0 aromatic heterocycles. The minimum atomic E-state index is -4.25. The highest BCUT2D eigenvalue weighted by molar-refractivity contribution is 8.04. The molecule has 0 saturated carbocycles. The Labute approximate surface area is 93.9 Å². The van der Waals surface area contributed by atoms with E-state index in [0.29, 0.717) is 0 Å². The van der Waals surface area contributed by atoms with E-state index in [1.807, 2.05) is 20.8 Å². The van der Waals surface area contributed by atoms with Crippen molar-refractivity contribution >= 4 is 11.8 Å². The molecule has 0 aliphatic carbocycles. The van der Waals surface area contributed by atoms with Gasteiger partial charge in [-0.2, -0.15) is 13.2 Å². The summed E-state index contributed by atoms with van der Waals surface area (Å²) in [5, 5.41) is 0. The summed E-state index contributed by atoms with van der Waals surface area (Å²) in [6.45, 7) is 12.8. The third-order valence-electron chi connectivity index (χ3n) is 1.21. The van der Waals surface area contributed by atoms with Gasteiger partial charge in [0.2, 0.25) is 0 Å². The molecule has 0 aromatic rings. The molecule has 4 heteroatoms. The molecule has 0 atom stereocenters. The number of hydrogen-bond donors (Lipinski definition) is 0. The van der Waals surface area contributed by atoms with Crippen LogP contribution in [-0.4, -0.2) is 5.51 Å². The first-order valence-electron chi connectivity index (χ1n) is 4.65. The van der Waals surface area contributed by atoms with Crippen molar-refractivity contribution in [1.29, 1.82) is 0 Å². The van der Waals surface area contributed by atoms with Crippen molar-refractivity contribution in [2.45, 2.75) is 32.7 Å². The second kappa shape index (κ2) is 8.65. The summed E-state index contributed by atoms with van der Waals surface area (Å²) in [7, 11) is 0. The fraction of sp³-hybridized carbons (Fsp3) is 0.455. The Balaban J connectivity index is 0. The van der Waals surface area contributed by atoms with Gasteiger partial charge in [0, 0.05) is 4.91 Å².